The molecule has 3 nitrogen and oxygen atoms in total. The summed E-state index contributed by atoms with van der Waals surface area (Å²) in [6, 6.07) is 7.20. The first-order valence-corrected chi connectivity index (χ1v) is 8.30. The van der Waals surface area contributed by atoms with E-state index in [9.17, 15) is 9.90 Å². The van der Waals surface area contributed by atoms with Gasteiger partial charge in [-0.2, -0.15) is 0 Å². The van der Waals surface area contributed by atoms with Crippen LogP contribution < -0.4 is 5.32 Å². The smallest absolute Gasteiger partial charge is 0.236 e. The molecule has 1 fully saturated rings. The summed E-state index contributed by atoms with van der Waals surface area (Å²) in [4.78, 5) is 12.1. The van der Waals surface area contributed by atoms with Gasteiger partial charge in [-0.25, -0.2) is 0 Å². The average molecular weight is 344 g/mol. The number of nitrogens with one attached hydrogen (secondary N) is 1. The van der Waals surface area contributed by atoms with E-state index in [1.165, 1.54) is 0 Å². The van der Waals surface area contributed by atoms with Crippen LogP contribution in [0.5, 0.6) is 0 Å². The normalized spacial score (nSPS) is 19.6. The zero-order chi connectivity index (χ0) is 14.0. The average Bonchev–Trinajstić information content (AvgIpc) is 3.19. The molecule has 1 aromatic carbocycles. The molecule has 1 aliphatic rings. The predicted octanol–water partition coefficient (Wildman–Crippen LogP) is 2.88. The van der Waals surface area contributed by atoms with E-state index in [1.54, 1.807) is 11.8 Å². The summed E-state index contributed by atoms with van der Waals surface area (Å²) in [6.07, 6.45) is 3.14. The van der Waals surface area contributed by atoms with Gasteiger partial charge in [0.1, 0.15) is 0 Å². The first kappa shape index (κ1) is 14.9. The molecule has 2 rings (SSSR count). The molecule has 0 aromatic heterocycles. The molecule has 0 heterocycles. The van der Waals surface area contributed by atoms with Crippen LogP contribution >= 0.6 is 27.7 Å². The molecule has 1 aromatic rings. The molecular weight excluding hydrogens is 326 g/mol. The number of halogens is 1. The van der Waals surface area contributed by atoms with Gasteiger partial charge in [0.25, 0.3) is 0 Å². The number of rotatable bonds is 5. The fraction of sp³-hybridized carbons (Fsp3) is 0.500. The molecule has 1 saturated carbocycles. The molecule has 0 radical (unpaired) electrons. The highest BCUT2D eigenvalue weighted by Gasteiger charge is 2.49. The Balaban J connectivity index is 1.97. The number of thioether (sulfide) groups is 1. The second-order valence-corrected chi connectivity index (χ2v) is 7.06. The molecule has 104 valence electrons. The van der Waals surface area contributed by atoms with Crippen LogP contribution in [0.15, 0.2) is 28.7 Å². The summed E-state index contributed by atoms with van der Waals surface area (Å²) in [5, 5.41) is 13.2. The van der Waals surface area contributed by atoms with Crippen LogP contribution in [0.25, 0.3) is 0 Å². The summed E-state index contributed by atoms with van der Waals surface area (Å²) >= 11 is 4.96. The maximum atomic E-state index is 12.1. The Bertz CT molecular complexity index is 459. The quantitative estimate of drug-likeness (QED) is 0.864. The molecule has 0 aliphatic heterocycles. The molecule has 0 bridgehead atoms. The van der Waals surface area contributed by atoms with Gasteiger partial charge in [0.2, 0.25) is 5.91 Å². The number of hydrogen-bond acceptors (Lipinski definition) is 3. The molecule has 2 atom stereocenters. The highest BCUT2D eigenvalue weighted by molar-refractivity contribution is 9.10. The molecule has 2 N–H and O–H groups in total. The number of aliphatic hydroxyl groups excluding tert-OH is 1. The van der Waals surface area contributed by atoms with Crippen molar-refractivity contribution < 1.29 is 9.90 Å². The van der Waals surface area contributed by atoms with E-state index in [0.29, 0.717) is 0 Å². The number of aliphatic hydroxyl groups is 1. The van der Waals surface area contributed by atoms with Crippen molar-refractivity contribution in [2.24, 2.45) is 0 Å². The van der Waals surface area contributed by atoms with Gasteiger partial charge >= 0.3 is 0 Å². The number of amides is 1. The topological polar surface area (TPSA) is 49.3 Å². The van der Waals surface area contributed by atoms with E-state index in [1.807, 2.05) is 37.4 Å². The van der Waals surface area contributed by atoms with Crippen molar-refractivity contribution >= 4 is 33.6 Å². The van der Waals surface area contributed by atoms with Crippen LogP contribution in [-0.2, 0) is 4.79 Å². The van der Waals surface area contributed by atoms with Crippen molar-refractivity contribution in [2.45, 2.75) is 36.7 Å². The standard InChI is InChI=1S/C14H18BrNO2S/c1-9(16-13(18)14(19-2)7-8-14)12(17)10-3-5-11(15)6-4-10/h3-6,9,12,17H,7-8H2,1-2H3,(H,16,18)/t9-,12-/m0/s1. The summed E-state index contributed by atoms with van der Waals surface area (Å²) in [5.41, 5.74) is 0.810. The fourth-order valence-electron chi connectivity index (χ4n) is 2.00. The highest BCUT2D eigenvalue weighted by atomic mass is 79.9. The zero-order valence-corrected chi connectivity index (χ0v) is 13.4. The van der Waals surface area contributed by atoms with Crippen molar-refractivity contribution in [3.05, 3.63) is 34.3 Å². The lowest BCUT2D eigenvalue weighted by atomic mass is 10.0. The van der Waals surface area contributed by atoms with Crippen LogP contribution in [0.2, 0.25) is 0 Å². The summed E-state index contributed by atoms with van der Waals surface area (Å²) in [5.74, 6) is 0.0451. The predicted molar refractivity (Wildman–Crippen MR) is 82.2 cm³/mol. The second kappa shape index (κ2) is 5.85. The van der Waals surface area contributed by atoms with E-state index in [0.717, 1.165) is 22.9 Å². The number of benzene rings is 1. The Morgan fingerprint density at radius 1 is 1.42 bits per heavy atom. The number of hydrogen-bond donors (Lipinski definition) is 2. The van der Waals surface area contributed by atoms with Gasteiger partial charge < -0.3 is 10.4 Å². The molecule has 1 aliphatic carbocycles. The van der Waals surface area contributed by atoms with Crippen LogP contribution in [0.1, 0.15) is 31.4 Å². The third-order valence-electron chi connectivity index (χ3n) is 3.55. The Morgan fingerprint density at radius 3 is 2.47 bits per heavy atom. The zero-order valence-electron chi connectivity index (χ0n) is 11.0. The molecular formula is C14H18BrNO2S. The van der Waals surface area contributed by atoms with Gasteiger partial charge in [0.05, 0.1) is 16.9 Å². The van der Waals surface area contributed by atoms with E-state index in [-0.39, 0.29) is 16.7 Å². The maximum Gasteiger partial charge on any atom is 0.236 e. The maximum absolute atomic E-state index is 12.1. The lowest BCUT2D eigenvalue weighted by molar-refractivity contribution is -0.122. The van der Waals surface area contributed by atoms with Crippen molar-refractivity contribution in [3.8, 4) is 0 Å². The Kier molecular flexibility index (Phi) is 4.58. The number of carbonyl (C=O) groups excluding carboxylic acids is 1. The second-order valence-electron chi connectivity index (χ2n) is 4.96. The van der Waals surface area contributed by atoms with Crippen molar-refractivity contribution in [1.29, 1.82) is 0 Å². The Morgan fingerprint density at radius 2 is 2.00 bits per heavy atom. The third-order valence-corrected chi connectivity index (χ3v) is 5.46. The van der Waals surface area contributed by atoms with Crippen LogP contribution in [0.4, 0.5) is 0 Å². The first-order valence-electron chi connectivity index (χ1n) is 6.28. The van der Waals surface area contributed by atoms with Crippen molar-refractivity contribution in [1.82, 2.24) is 5.32 Å². The first-order chi connectivity index (χ1) is 8.98. The van der Waals surface area contributed by atoms with Crippen molar-refractivity contribution in [2.75, 3.05) is 6.26 Å². The van der Waals surface area contributed by atoms with E-state index < -0.39 is 6.10 Å². The third kappa shape index (κ3) is 3.33. The Labute approximate surface area is 126 Å². The minimum absolute atomic E-state index is 0.0451. The van der Waals surface area contributed by atoms with Gasteiger partial charge in [0, 0.05) is 4.47 Å². The van der Waals surface area contributed by atoms with E-state index >= 15 is 0 Å². The van der Waals surface area contributed by atoms with E-state index in [2.05, 4.69) is 21.2 Å². The van der Waals surface area contributed by atoms with Crippen LogP contribution in [0.3, 0.4) is 0 Å². The lowest BCUT2D eigenvalue weighted by Gasteiger charge is -2.23. The summed E-state index contributed by atoms with van der Waals surface area (Å²) in [6.45, 7) is 1.83. The van der Waals surface area contributed by atoms with Gasteiger partial charge in [-0.3, -0.25) is 4.79 Å². The molecule has 0 spiro atoms. The molecule has 1 amide bonds. The Hall–Kier alpha value is -0.520. The lowest BCUT2D eigenvalue weighted by Crippen LogP contribution is -2.42. The van der Waals surface area contributed by atoms with Gasteiger partial charge in [-0.15, -0.1) is 11.8 Å². The largest absolute Gasteiger partial charge is 0.386 e. The minimum Gasteiger partial charge on any atom is -0.386 e. The molecule has 19 heavy (non-hydrogen) atoms. The summed E-state index contributed by atoms with van der Waals surface area (Å²) in [7, 11) is 0. The monoisotopic (exact) mass is 343 g/mol. The number of carbonyl (C=O) groups is 1. The fourth-order valence-corrected chi connectivity index (χ4v) is 3.02. The van der Waals surface area contributed by atoms with Crippen molar-refractivity contribution in [3.63, 3.8) is 0 Å². The molecule has 5 heteroatoms. The van der Waals surface area contributed by atoms with Gasteiger partial charge in [-0.1, -0.05) is 28.1 Å². The highest BCUT2D eigenvalue weighted by Crippen LogP contribution is 2.47. The minimum atomic E-state index is -0.685. The van der Waals surface area contributed by atoms with Crippen LogP contribution in [-0.4, -0.2) is 28.1 Å². The van der Waals surface area contributed by atoms with Gasteiger partial charge in [0.15, 0.2) is 0 Å². The molecule has 0 unspecified atom stereocenters. The summed E-state index contributed by atoms with van der Waals surface area (Å²) < 4.78 is 0.729. The van der Waals surface area contributed by atoms with E-state index in [4.69, 9.17) is 0 Å². The molecule has 0 saturated heterocycles. The van der Waals surface area contributed by atoms with Gasteiger partial charge in [-0.05, 0) is 43.7 Å². The van der Waals surface area contributed by atoms with Crippen LogP contribution in [0, 0.1) is 0 Å². The SMILES string of the molecule is CSC1(C(=O)N[C@@H](C)[C@H](O)c2ccc(Br)cc2)CC1.